The fourth-order valence-corrected chi connectivity index (χ4v) is 1.76. The van der Waals surface area contributed by atoms with E-state index in [1.54, 1.807) is 25.2 Å². The second-order valence-corrected chi connectivity index (χ2v) is 5.65. The zero-order valence-corrected chi connectivity index (χ0v) is 12.0. The summed E-state index contributed by atoms with van der Waals surface area (Å²) in [7, 11) is 1.80. The third kappa shape index (κ3) is 4.33. The van der Waals surface area contributed by atoms with Crippen LogP contribution < -0.4 is 5.32 Å². The van der Waals surface area contributed by atoms with Crippen molar-refractivity contribution in [2.75, 3.05) is 7.05 Å². The van der Waals surface area contributed by atoms with Gasteiger partial charge in [-0.1, -0.05) is 29.7 Å². The van der Waals surface area contributed by atoms with Crippen LogP contribution in [0.1, 0.15) is 38.8 Å². The van der Waals surface area contributed by atoms with Gasteiger partial charge in [0.1, 0.15) is 5.82 Å². The molecule has 0 aliphatic rings. The second-order valence-electron chi connectivity index (χ2n) is 5.24. The predicted octanol–water partition coefficient (Wildman–Crippen LogP) is 4.18. The van der Waals surface area contributed by atoms with E-state index in [4.69, 9.17) is 11.6 Å². The predicted molar refractivity (Wildman–Crippen MR) is 75.1 cm³/mol. The molecule has 3 heteroatoms. The fraction of sp³-hybridized carbons (Fsp3) is 0.467. The molecular weight excluding hydrogens is 249 g/mol. The molecule has 0 saturated carbocycles. The van der Waals surface area contributed by atoms with Crippen LogP contribution in [0.2, 0.25) is 5.02 Å². The van der Waals surface area contributed by atoms with Crippen LogP contribution in [0.3, 0.4) is 0 Å². The highest BCUT2D eigenvalue weighted by Crippen LogP contribution is 2.25. The van der Waals surface area contributed by atoms with Crippen LogP contribution in [-0.2, 0) is 0 Å². The second kappa shape index (κ2) is 6.22. The fourth-order valence-electron chi connectivity index (χ4n) is 1.58. The van der Waals surface area contributed by atoms with Gasteiger partial charge >= 0.3 is 0 Å². The Balaban J connectivity index is 2.90. The van der Waals surface area contributed by atoms with Crippen LogP contribution in [-0.4, -0.2) is 7.05 Å². The van der Waals surface area contributed by atoms with Crippen molar-refractivity contribution in [1.29, 1.82) is 0 Å². The molecule has 1 aromatic carbocycles. The third-order valence-corrected chi connectivity index (χ3v) is 2.77. The summed E-state index contributed by atoms with van der Waals surface area (Å²) in [4.78, 5) is 0. The maximum absolute atomic E-state index is 13.9. The van der Waals surface area contributed by atoms with Crippen molar-refractivity contribution in [3.8, 4) is 11.8 Å². The lowest BCUT2D eigenvalue weighted by Crippen LogP contribution is -2.17. The van der Waals surface area contributed by atoms with Crippen molar-refractivity contribution in [2.24, 2.45) is 5.41 Å². The smallest absolute Gasteiger partial charge is 0.146 e. The van der Waals surface area contributed by atoms with Crippen molar-refractivity contribution in [3.05, 3.63) is 34.6 Å². The largest absolute Gasteiger partial charge is 0.312 e. The first kappa shape index (κ1) is 15.0. The Morgan fingerprint density at radius 2 is 2.06 bits per heavy atom. The van der Waals surface area contributed by atoms with E-state index in [0.29, 0.717) is 12.0 Å². The molecule has 0 aliphatic carbocycles. The molecule has 98 valence electrons. The number of nitrogens with one attached hydrogen (secondary N) is 1. The first-order chi connectivity index (χ1) is 8.35. The van der Waals surface area contributed by atoms with Gasteiger partial charge in [-0.25, -0.2) is 4.39 Å². The van der Waals surface area contributed by atoms with Crippen LogP contribution in [0.5, 0.6) is 0 Å². The number of hydrogen-bond acceptors (Lipinski definition) is 1. The molecule has 18 heavy (non-hydrogen) atoms. The lowest BCUT2D eigenvalue weighted by molar-refractivity contribution is 0.540. The Morgan fingerprint density at radius 1 is 1.39 bits per heavy atom. The van der Waals surface area contributed by atoms with Gasteiger partial charge in [-0.05, 0) is 33.9 Å². The summed E-state index contributed by atoms with van der Waals surface area (Å²) >= 11 is 5.78. The standard InChI is InChI=1S/C15H19ClFN/c1-15(2,3)10-6-9-13(18-4)11-7-5-8-12(16)14(11)17/h5,7-8,13,18H,9H2,1-4H3. The Labute approximate surface area is 114 Å². The maximum Gasteiger partial charge on any atom is 0.146 e. The van der Waals surface area contributed by atoms with Crippen molar-refractivity contribution in [2.45, 2.75) is 33.2 Å². The highest BCUT2D eigenvalue weighted by molar-refractivity contribution is 6.30. The van der Waals surface area contributed by atoms with Crippen LogP contribution in [0.15, 0.2) is 18.2 Å². The monoisotopic (exact) mass is 267 g/mol. The van der Waals surface area contributed by atoms with E-state index in [0.717, 1.165) is 0 Å². The van der Waals surface area contributed by atoms with Gasteiger partial charge in [0.05, 0.1) is 5.02 Å². The van der Waals surface area contributed by atoms with Gasteiger partial charge in [-0.2, -0.15) is 0 Å². The Morgan fingerprint density at radius 3 is 2.61 bits per heavy atom. The van der Waals surface area contributed by atoms with Gasteiger partial charge in [0, 0.05) is 23.4 Å². The molecule has 0 fully saturated rings. The summed E-state index contributed by atoms with van der Waals surface area (Å²) in [6, 6.07) is 4.90. The van der Waals surface area contributed by atoms with Crippen molar-refractivity contribution < 1.29 is 4.39 Å². The average Bonchev–Trinajstić information content (AvgIpc) is 2.27. The topological polar surface area (TPSA) is 12.0 Å². The Hall–Kier alpha value is -1.04. The summed E-state index contributed by atoms with van der Waals surface area (Å²) in [5, 5.41) is 3.22. The highest BCUT2D eigenvalue weighted by atomic mass is 35.5. The molecular formula is C15H19ClFN. The zero-order valence-electron chi connectivity index (χ0n) is 11.3. The molecule has 0 aromatic heterocycles. The van der Waals surface area contributed by atoms with E-state index in [1.165, 1.54) is 0 Å². The first-order valence-electron chi connectivity index (χ1n) is 5.96. The van der Waals surface area contributed by atoms with Crippen LogP contribution in [0, 0.1) is 23.1 Å². The van der Waals surface area contributed by atoms with Crippen molar-refractivity contribution >= 4 is 11.6 Å². The highest BCUT2D eigenvalue weighted by Gasteiger charge is 2.15. The third-order valence-electron chi connectivity index (χ3n) is 2.47. The van der Waals surface area contributed by atoms with E-state index in [1.807, 2.05) is 20.8 Å². The van der Waals surface area contributed by atoms with E-state index in [-0.39, 0.29) is 22.3 Å². The van der Waals surface area contributed by atoms with Crippen molar-refractivity contribution in [3.63, 3.8) is 0 Å². The first-order valence-corrected chi connectivity index (χ1v) is 6.34. The van der Waals surface area contributed by atoms with Crippen LogP contribution >= 0.6 is 11.6 Å². The summed E-state index contributed by atoms with van der Waals surface area (Å²) in [5.41, 5.74) is 0.527. The number of benzene rings is 1. The summed E-state index contributed by atoms with van der Waals surface area (Å²) in [6.45, 7) is 6.15. The molecule has 1 aromatic rings. The van der Waals surface area contributed by atoms with Gasteiger partial charge < -0.3 is 5.32 Å². The minimum atomic E-state index is -0.365. The zero-order chi connectivity index (χ0) is 13.8. The van der Waals surface area contributed by atoms with Gasteiger partial charge in [0.15, 0.2) is 0 Å². The minimum Gasteiger partial charge on any atom is -0.312 e. The van der Waals surface area contributed by atoms with E-state index >= 15 is 0 Å². The van der Waals surface area contributed by atoms with Crippen LogP contribution in [0.4, 0.5) is 4.39 Å². The molecule has 0 aliphatic heterocycles. The molecule has 1 rings (SSSR count). The summed E-state index contributed by atoms with van der Waals surface area (Å²) in [5.74, 6) is 5.88. The summed E-state index contributed by atoms with van der Waals surface area (Å²) < 4.78 is 13.9. The minimum absolute atomic E-state index is 0.0365. The number of hydrogen-bond donors (Lipinski definition) is 1. The lowest BCUT2D eigenvalue weighted by atomic mass is 9.96. The maximum atomic E-state index is 13.9. The number of rotatable bonds is 3. The lowest BCUT2D eigenvalue weighted by Gasteiger charge is -2.15. The quantitative estimate of drug-likeness (QED) is 0.810. The number of halogens is 2. The molecule has 1 unspecified atom stereocenters. The molecule has 0 bridgehead atoms. The molecule has 0 amide bonds. The van der Waals surface area contributed by atoms with Gasteiger partial charge in [-0.15, -0.1) is 5.92 Å². The van der Waals surface area contributed by atoms with Gasteiger partial charge in [0.25, 0.3) is 0 Å². The molecule has 0 spiro atoms. The molecule has 1 atom stereocenters. The van der Waals surface area contributed by atoms with Crippen LogP contribution in [0.25, 0.3) is 0 Å². The van der Waals surface area contributed by atoms with Crippen molar-refractivity contribution in [1.82, 2.24) is 5.32 Å². The molecule has 0 saturated heterocycles. The molecule has 1 nitrogen and oxygen atoms in total. The van der Waals surface area contributed by atoms with Gasteiger partial charge in [0.2, 0.25) is 0 Å². The van der Waals surface area contributed by atoms with Gasteiger partial charge in [-0.3, -0.25) is 0 Å². The Kier molecular flexibility index (Phi) is 5.19. The molecule has 1 N–H and O–H groups in total. The van der Waals surface area contributed by atoms with E-state index in [2.05, 4.69) is 17.2 Å². The normalized spacial score (nSPS) is 12.8. The van der Waals surface area contributed by atoms with E-state index in [9.17, 15) is 4.39 Å². The SMILES string of the molecule is CNC(CC#CC(C)(C)C)c1cccc(Cl)c1F. The molecule has 0 heterocycles. The molecule has 0 radical (unpaired) electrons. The Bertz CT molecular complexity index is 466. The average molecular weight is 268 g/mol. The summed E-state index contributed by atoms with van der Waals surface area (Å²) in [6.07, 6.45) is 0.561. The van der Waals surface area contributed by atoms with E-state index < -0.39 is 0 Å².